The number of hydrogen-bond donors (Lipinski definition) is 0. The molecular formula is C17H11ClN2O4. The number of non-ortho nitro benzene ring substituents is 1. The van der Waals surface area contributed by atoms with Gasteiger partial charge in [0.1, 0.15) is 0 Å². The van der Waals surface area contributed by atoms with Crippen molar-refractivity contribution in [3.8, 4) is 0 Å². The Morgan fingerprint density at radius 1 is 1.21 bits per heavy atom. The highest BCUT2D eigenvalue weighted by Gasteiger charge is 2.24. The third-order valence-electron chi connectivity index (χ3n) is 3.40. The zero-order valence-electron chi connectivity index (χ0n) is 12.5. The number of ether oxygens (including phenoxy) is 1. The van der Waals surface area contributed by atoms with Gasteiger partial charge in [-0.3, -0.25) is 10.1 Å². The third kappa shape index (κ3) is 3.18. The van der Waals surface area contributed by atoms with E-state index in [-0.39, 0.29) is 22.3 Å². The molecule has 1 heterocycles. The van der Waals surface area contributed by atoms with E-state index in [9.17, 15) is 14.9 Å². The highest BCUT2D eigenvalue weighted by molar-refractivity contribution is 6.32. The van der Waals surface area contributed by atoms with Crippen LogP contribution >= 0.6 is 11.6 Å². The van der Waals surface area contributed by atoms with Crippen molar-refractivity contribution in [2.75, 3.05) is 0 Å². The molecule has 0 aliphatic carbocycles. The summed E-state index contributed by atoms with van der Waals surface area (Å²) in [5.74, 6) is -0.444. The summed E-state index contributed by atoms with van der Waals surface area (Å²) in [6.07, 6.45) is 1.37. The number of esters is 1. The predicted molar refractivity (Wildman–Crippen MR) is 89.9 cm³/mol. The number of benzene rings is 2. The summed E-state index contributed by atoms with van der Waals surface area (Å²) in [5.41, 5.74) is 1.98. The van der Waals surface area contributed by atoms with E-state index in [0.717, 1.165) is 5.56 Å². The van der Waals surface area contributed by atoms with E-state index in [2.05, 4.69) is 4.99 Å². The molecular weight excluding hydrogens is 332 g/mol. The molecule has 0 saturated carbocycles. The van der Waals surface area contributed by atoms with Gasteiger partial charge in [-0.05, 0) is 31.2 Å². The number of nitro benzene ring substituents is 1. The predicted octanol–water partition coefficient (Wildman–Crippen LogP) is 3.90. The standard InChI is InChI=1S/C17H11ClN2O4/c1-10-2-4-11(5-3-10)16-19-15(17(21)24-16)9-12-8-13(20(22)23)6-7-14(12)18/h2-9H,1H3/b15-9+. The topological polar surface area (TPSA) is 81.8 Å². The Labute approximate surface area is 142 Å². The lowest BCUT2D eigenvalue weighted by Gasteiger charge is -1.99. The summed E-state index contributed by atoms with van der Waals surface area (Å²) in [5, 5.41) is 11.1. The number of carbonyl (C=O) groups excluding carboxylic acids is 1. The number of nitrogens with zero attached hydrogens (tertiary/aromatic N) is 2. The van der Waals surface area contributed by atoms with Crippen LogP contribution < -0.4 is 0 Å². The normalized spacial score (nSPS) is 15.3. The van der Waals surface area contributed by atoms with Crippen LogP contribution in [0.1, 0.15) is 16.7 Å². The van der Waals surface area contributed by atoms with Gasteiger partial charge >= 0.3 is 5.97 Å². The summed E-state index contributed by atoms with van der Waals surface area (Å²) in [6.45, 7) is 1.95. The van der Waals surface area contributed by atoms with Gasteiger partial charge in [0, 0.05) is 28.3 Å². The minimum Gasteiger partial charge on any atom is -0.402 e. The molecule has 120 valence electrons. The van der Waals surface area contributed by atoms with Crippen molar-refractivity contribution >= 4 is 35.2 Å². The van der Waals surface area contributed by atoms with Gasteiger partial charge < -0.3 is 4.74 Å². The molecule has 0 radical (unpaired) electrons. The van der Waals surface area contributed by atoms with Crippen molar-refractivity contribution in [3.63, 3.8) is 0 Å². The molecule has 0 bridgehead atoms. The molecule has 0 spiro atoms. The summed E-state index contributed by atoms with van der Waals surface area (Å²) in [4.78, 5) is 26.5. The van der Waals surface area contributed by atoms with Gasteiger partial charge in [0.25, 0.3) is 5.69 Å². The average molecular weight is 343 g/mol. The van der Waals surface area contributed by atoms with Crippen LogP contribution in [0.3, 0.4) is 0 Å². The number of nitro groups is 1. The van der Waals surface area contributed by atoms with Crippen LogP contribution in [0, 0.1) is 17.0 Å². The lowest BCUT2D eigenvalue weighted by molar-refractivity contribution is -0.384. The van der Waals surface area contributed by atoms with E-state index >= 15 is 0 Å². The third-order valence-corrected chi connectivity index (χ3v) is 3.75. The molecule has 0 saturated heterocycles. The number of rotatable bonds is 3. The number of cyclic esters (lactones) is 1. The largest absolute Gasteiger partial charge is 0.402 e. The second-order valence-corrected chi connectivity index (χ2v) is 5.57. The van der Waals surface area contributed by atoms with Gasteiger partial charge in [-0.2, -0.15) is 0 Å². The quantitative estimate of drug-likeness (QED) is 0.366. The molecule has 0 N–H and O–H groups in total. The van der Waals surface area contributed by atoms with Crippen molar-refractivity contribution in [1.82, 2.24) is 0 Å². The smallest absolute Gasteiger partial charge is 0.363 e. The molecule has 0 unspecified atom stereocenters. The molecule has 0 amide bonds. The van der Waals surface area contributed by atoms with E-state index in [1.807, 2.05) is 19.1 Å². The number of carbonyl (C=O) groups is 1. The molecule has 0 aromatic heterocycles. The Balaban J connectivity index is 1.98. The minimum atomic E-state index is -0.631. The molecule has 7 heteroatoms. The molecule has 1 aliphatic rings. The lowest BCUT2D eigenvalue weighted by atomic mass is 10.1. The first kappa shape index (κ1) is 15.9. The second kappa shape index (κ2) is 6.25. The zero-order chi connectivity index (χ0) is 17.3. The number of hydrogen-bond acceptors (Lipinski definition) is 5. The Hall–Kier alpha value is -2.99. The highest BCUT2D eigenvalue weighted by Crippen LogP contribution is 2.26. The van der Waals surface area contributed by atoms with E-state index in [1.165, 1.54) is 24.3 Å². The second-order valence-electron chi connectivity index (χ2n) is 5.17. The monoisotopic (exact) mass is 342 g/mol. The van der Waals surface area contributed by atoms with Crippen molar-refractivity contribution < 1.29 is 14.5 Å². The van der Waals surface area contributed by atoms with Crippen LogP contribution in [0.25, 0.3) is 6.08 Å². The summed E-state index contributed by atoms with van der Waals surface area (Å²) < 4.78 is 5.16. The van der Waals surface area contributed by atoms with Crippen LogP contribution in [0.2, 0.25) is 5.02 Å². The fourth-order valence-electron chi connectivity index (χ4n) is 2.13. The molecule has 6 nitrogen and oxygen atoms in total. The van der Waals surface area contributed by atoms with Crippen LogP contribution in [0.15, 0.2) is 53.2 Å². The molecule has 2 aromatic carbocycles. The maximum atomic E-state index is 12.0. The molecule has 24 heavy (non-hydrogen) atoms. The number of aliphatic imine (C=N–C) groups is 1. The molecule has 0 fully saturated rings. The van der Waals surface area contributed by atoms with Crippen molar-refractivity contribution in [2.45, 2.75) is 6.92 Å². The van der Waals surface area contributed by atoms with E-state index in [4.69, 9.17) is 16.3 Å². The van der Waals surface area contributed by atoms with Crippen LogP contribution in [0.4, 0.5) is 5.69 Å². The van der Waals surface area contributed by atoms with Gasteiger partial charge in [0.2, 0.25) is 5.90 Å². The molecule has 3 rings (SSSR count). The van der Waals surface area contributed by atoms with Gasteiger partial charge in [-0.1, -0.05) is 29.3 Å². The highest BCUT2D eigenvalue weighted by atomic mass is 35.5. The Bertz CT molecular complexity index is 901. The van der Waals surface area contributed by atoms with Gasteiger partial charge in [-0.25, -0.2) is 9.79 Å². The molecule has 2 aromatic rings. The van der Waals surface area contributed by atoms with Crippen LogP contribution in [-0.4, -0.2) is 16.8 Å². The van der Waals surface area contributed by atoms with Gasteiger partial charge in [0.15, 0.2) is 5.70 Å². The van der Waals surface area contributed by atoms with Crippen LogP contribution in [0.5, 0.6) is 0 Å². The number of aryl methyl sites for hydroxylation is 1. The van der Waals surface area contributed by atoms with E-state index in [1.54, 1.807) is 12.1 Å². The zero-order valence-corrected chi connectivity index (χ0v) is 13.3. The first-order valence-corrected chi connectivity index (χ1v) is 7.35. The Morgan fingerprint density at radius 2 is 1.92 bits per heavy atom. The van der Waals surface area contributed by atoms with Gasteiger partial charge in [0.05, 0.1) is 4.92 Å². The van der Waals surface area contributed by atoms with Crippen molar-refractivity contribution in [3.05, 3.63) is 80.0 Å². The van der Waals surface area contributed by atoms with Crippen molar-refractivity contribution in [2.24, 2.45) is 4.99 Å². The maximum absolute atomic E-state index is 12.0. The fourth-order valence-corrected chi connectivity index (χ4v) is 2.30. The van der Waals surface area contributed by atoms with Crippen LogP contribution in [-0.2, 0) is 9.53 Å². The fraction of sp³-hybridized carbons (Fsp3) is 0.0588. The first-order chi connectivity index (χ1) is 11.4. The summed E-state index contributed by atoms with van der Waals surface area (Å²) in [6, 6.07) is 11.3. The first-order valence-electron chi connectivity index (χ1n) is 6.97. The van der Waals surface area contributed by atoms with Crippen molar-refractivity contribution in [1.29, 1.82) is 0 Å². The Kier molecular flexibility index (Phi) is 4.14. The van der Waals surface area contributed by atoms with Gasteiger partial charge in [-0.15, -0.1) is 0 Å². The van der Waals surface area contributed by atoms with E-state index < -0.39 is 10.9 Å². The molecule has 1 aliphatic heterocycles. The Morgan fingerprint density at radius 3 is 2.58 bits per heavy atom. The maximum Gasteiger partial charge on any atom is 0.363 e. The minimum absolute atomic E-state index is 0.0352. The summed E-state index contributed by atoms with van der Waals surface area (Å²) >= 11 is 6.03. The lowest BCUT2D eigenvalue weighted by Crippen LogP contribution is -2.05. The molecule has 0 atom stereocenters. The van der Waals surface area contributed by atoms with E-state index in [0.29, 0.717) is 11.1 Å². The summed E-state index contributed by atoms with van der Waals surface area (Å²) in [7, 11) is 0. The number of halogens is 1. The average Bonchev–Trinajstić information content (AvgIpc) is 2.91. The SMILES string of the molecule is Cc1ccc(C2=N/C(=C/c3cc([N+](=O)[O-])ccc3Cl)C(=O)O2)cc1.